The van der Waals surface area contributed by atoms with Gasteiger partial charge in [-0.2, -0.15) is 0 Å². The van der Waals surface area contributed by atoms with Crippen LogP contribution in [0.5, 0.6) is 0 Å². The summed E-state index contributed by atoms with van der Waals surface area (Å²) in [6, 6.07) is 4.32. The Bertz CT molecular complexity index is 1490. The fourth-order valence-corrected chi connectivity index (χ4v) is 6.94. The molecule has 1 spiro atoms. The molecule has 1 amide bonds. The number of pyridine rings is 2. The summed E-state index contributed by atoms with van der Waals surface area (Å²) in [4.78, 5) is 26.4. The molecule has 8 nitrogen and oxygen atoms in total. The highest BCUT2D eigenvalue weighted by Crippen LogP contribution is 2.50. The Morgan fingerprint density at radius 2 is 1.95 bits per heavy atom. The van der Waals surface area contributed by atoms with Crippen molar-refractivity contribution in [3.8, 4) is 0 Å². The summed E-state index contributed by atoms with van der Waals surface area (Å²) in [7, 11) is 0. The Morgan fingerprint density at radius 3 is 2.77 bits per heavy atom. The lowest BCUT2D eigenvalue weighted by atomic mass is 9.74. The number of piperidine rings is 1. The molecule has 40 heavy (non-hydrogen) atoms. The number of benzene rings is 1. The van der Waals surface area contributed by atoms with Gasteiger partial charge in [0.1, 0.15) is 17.5 Å². The van der Waals surface area contributed by atoms with Gasteiger partial charge in [-0.25, -0.2) is 13.8 Å². The SMILES string of the molecule is Cc1c(N2CCCCC2=O)nc2cc(F)cc(F)c2c1[C@H]1CC2(CCO1)CNc1cc(N3CCOCC3)cnc12. The first-order chi connectivity index (χ1) is 19.4. The van der Waals surface area contributed by atoms with Crippen LogP contribution in [0.1, 0.15) is 55.0 Å². The van der Waals surface area contributed by atoms with Gasteiger partial charge in [-0.1, -0.05) is 0 Å². The summed E-state index contributed by atoms with van der Waals surface area (Å²) < 4.78 is 41.7. The standard InChI is InChI=1S/C30H33F2N5O3/c1-18-26(27-21(32)12-19(31)13-22(27)35-29(18)37-6-3-2-4-25(37)38)24-15-30(5-9-40-24)17-34-23-14-20(16-33-28(23)30)36-7-10-39-11-8-36/h12-14,16,24,34H,2-11,15,17H2,1H3/t24-,30?/m1/s1. The van der Waals surface area contributed by atoms with Crippen LogP contribution in [-0.2, 0) is 19.7 Å². The number of aromatic nitrogens is 2. The van der Waals surface area contributed by atoms with Crippen molar-refractivity contribution >= 4 is 34.0 Å². The van der Waals surface area contributed by atoms with Crippen LogP contribution in [0.2, 0.25) is 0 Å². The number of nitrogens with one attached hydrogen (secondary N) is 1. The second-order valence-corrected chi connectivity index (χ2v) is 11.4. The van der Waals surface area contributed by atoms with Gasteiger partial charge in [0.25, 0.3) is 0 Å². The summed E-state index contributed by atoms with van der Waals surface area (Å²) in [5, 5.41) is 3.85. The zero-order valence-electron chi connectivity index (χ0n) is 22.6. The van der Waals surface area contributed by atoms with Crippen LogP contribution in [0.4, 0.5) is 26.0 Å². The van der Waals surface area contributed by atoms with Crippen molar-refractivity contribution in [3.63, 3.8) is 0 Å². The molecule has 4 aliphatic rings. The summed E-state index contributed by atoms with van der Waals surface area (Å²) >= 11 is 0. The van der Waals surface area contributed by atoms with Gasteiger partial charge in [0.2, 0.25) is 5.91 Å². The fraction of sp³-hybridized carbons (Fsp3) is 0.500. The van der Waals surface area contributed by atoms with E-state index in [4.69, 9.17) is 14.5 Å². The van der Waals surface area contributed by atoms with E-state index in [1.165, 1.54) is 6.07 Å². The lowest BCUT2D eigenvalue weighted by Gasteiger charge is -2.39. The second kappa shape index (κ2) is 9.92. The number of hydrogen-bond acceptors (Lipinski definition) is 7. The number of rotatable bonds is 3. The highest BCUT2D eigenvalue weighted by molar-refractivity contribution is 5.96. The molecule has 2 atom stereocenters. The number of nitrogens with zero attached hydrogens (tertiary/aromatic N) is 4. The Kier molecular flexibility index (Phi) is 6.35. The smallest absolute Gasteiger partial charge is 0.228 e. The lowest BCUT2D eigenvalue weighted by molar-refractivity contribution is -0.119. The Morgan fingerprint density at radius 1 is 1.10 bits per heavy atom. The Labute approximate surface area is 231 Å². The molecule has 210 valence electrons. The molecule has 0 aliphatic carbocycles. The quantitative estimate of drug-likeness (QED) is 0.504. The van der Waals surface area contributed by atoms with Gasteiger partial charge in [0, 0.05) is 62.1 Å². The zero-order valence-corrected chi connectivity index (χ0v) is 22.6. The van der Waals surface area contributed by atoms with E-state index in [-0.39, 0.29) is 22.2 Å². The van der Waals surface area contributed by atoms with Crippen LogP contribution in [0.15, 0.2) is 24.4 Å². The molecule has 7 rings (SSSR count). The molecule has 1 N–H and O–H groups in total. The molecule has 10 heteroatoms. The van der Waals surface area contributed by atoms with Crippen molar-refractivity contribution < 1.29 is 23.0 Å². The monoisotopic (exact) mass is 549 g/mol. The first-order valence-electron chi connectivity index (χ1n) is 14.2. The number of ether oxygens (including phenoxy) is 2. The van der Waals surface area contributed by atoms with Crippen LogP contribution < -0.4 is 15.1 Å². The van der Waals surface area contributed by atoms with Crippen molar-refractivity contribution in [3.05, 3.63) is 52.9 Å². The number of carbonyl (C=O) groups excluding carboxylic acids is 1. The molecule has 4 aliphatic heterocycles. The van der Waals surface area contributed by atoms with Crippen molar-refractivity contribution in [1.29, 1.82) is 0 Å². The van der Waals surface area contributed by atoms with Gasteiger partial charge in [-0.05, 0) is 49.8 Å². The average molecular weight is 550 g/mol. The molecule has 2 aromatic heterocycles. The molecule has 3 saturated heterocycles. The van der Waals surface area contributed by atoms with Crippen molar-refractivity contribution in [2.45, 2.75) is 50.5 Å². The van der Waals surface area contributed by atoms with E-state index in [0.29, 0.717) is 62.7 Å². The van der Waals surface area contributed by atoms with Gasteiger partial charge < -0.3 is 19.7 Å². The van der Waals surface area contributed by atoms with Crippen LogP contribution in [0.3, 0.4) is 0 Å². The van der Waals surface area contributed by atoms with Gasteiger partial charge in [-0.15, -0.1) is 0 Å². The molecular weight excluding hydrogens is 516 g/mol. The molecule has 3 fully saturated rings. The fourth-order valence-electron chi connectivity index (χ4n) is 6.94. The summed E-state index contributed by atoms with van der Waals surface area (Å²) in [5.41, 5.74) is 4.37. The van der Waals surface area contributed by atoms with E-state index in [1.54, 1.807) is 4.90 Å². The van der Waals surface area contributed by atoms with Crippen LogP contribution in [-0.4, -0.2) is 61.9 Å². The average Bonchev–Trinajstić information content (AvgIpc) is 3.30. The Hall–Kier alpha value is -3.37. The van der Waals surface area contributed by atoms with Gasteiger partial charge in [0.15, 0.2) is 0 Å². The van der Waals surface area contributed by atoms with Gasteiger partial charge in [0.05, 0.1) is 48.1 Å². The van der Waals surface area contributed by atoms with Gasteiger partial charge >= 0.3 is 0 Å². The number of amides is 1. The van der Waals surface area contributed by atoms with Crippen molar-refractivity contribution in [2.75, 3.05) is 61.1 Å². The number of morpholine rings is 1. The number of hydrogen-bond donors (Lipinski definition) is 1. The third-order valence-corrected chi connectivity index (χ3v) is 9.02. The van der Waals surface area contributed by atoms with Crippen LogP contribution in [0.25, 0.3) is 10.9 Å². The highest BCUT2D eigenvalue weighted by atomic mass is 19.1. The minimum absolute atomic E-state index is 0.0146. The second-order valence-electron chi connectivity index (χ2n) is 11.4. The zero-order chi connectivity index (χ0) is 27.4. The van der Waals surface area contributed by atoms with Crippen LogP contribution >= 0.6 is 0 Å². The number of halogens is 2. The van der Waals surface area contributed by atoms with Gasteiger partial charge in [-0.3, -0.25) is 14.7 Å². The third kappa shape index (κ3) is 4.19. The van der Waals surface area contributed by atoms with E-state index in [9.17, 15) is 9.18 Å². The number of fused-ring (bicyclic) bond motifs is 3. The van der Waals surface area contributed by atoms with E-state index < -0.39 is 17.7 Å². The minimum Gasteiger partial charge on any atom is -0.383 e. The van der Waals surface area contributed by atoms with Crippen LogP contribution in [0, 0.1) is 18.6 Å². The minimum atomic E-state index is -0.696. The topological polar surface area (TPSA) is 79.8 Å². The molecule has 0 saturated carbocycles. The summed E-state index contributed by atoms with van der Waals surface area (Å²) in [6.45, 7) is 6.68. The van der Waals surface area contributed by atoms with E-state index in [2.05, 4.69) is 21.3 Å². The molecule has 3 aromatic rings. The first kappa shape index (κ1) is 25.6. The maximum atomic E-state index is 15.5. The van der Waals surface area contributed by atoms with E-state index >= 15 is 4.39 Å². The Balaban J connectivity index is 1.29. The predicted molar refractivity (Wildman–Crippen MR) is 148 cm³/mol. The summed E-state index contributed by atoms with van der Waals surface area (Å²) in [5.74, 6) is -0.907. The molecule has 1 aromatic carbocycles. The molecule has 6 heterocycles. The van der Waals surface area contributed by atoms with E-state index in [0.717, 1.165) is 55.5 Å². The number of carbonyl (C=O) groups is 1. The van der Waals surface area contributed by atoms with Crippen molar-refractivity contribution in [1.82, 2.24) is 9.97 Å². The predicted octanol–water partition coefficient (Wildman–Crippen LogP) is 4.78. The molecule has 1 unspecified atom stereocenters. The largest absolute Gasteiger partial charge is 0.383 e. The normalized spacial score (nSPS) is 25.0. The highest BCUT2D eigenvalue weighted by Gasteiger charge is 2.46. The molecule has 0 bridgehead atoms. The number of anilines is 3. The maximum Gasteiger partial charge on any atom is 0.228 e. The first-order valence-corrected chi connectivity index (χ1v) is 14.2. The molecule has 0 radical (unpaired) electrons. The lowest BCUT2D eigenvalue weighted by Crippen LogP contribution is -2.39. The van der Waals surface area contributed by atoms with Crippen molar-refractivity contribution in [2.24, 2.45) is 0 Å². The molecular formula is C30H33F2N5O3. The third-order valence-electron chi connectivity index (χ3n) is 9.02. The maximum absolute atomic E-state index is 15.5. The van der Waals surface area contributed by atoms with E-state index in [1.807, 2.05) is 13.1 Å². The summed E-state index contributed by atoms with van der Waals surface area (Å²) in [6.07, 6.45) is 4.98.